The zero-order chi connectivity index (χ0) is 12.8. The van der Waals surface area contributed by atoms with Crippen LogP contribution in [0.15, 0.2) is 24.3 Å². The number of hydrogen-bond donors (Lipinski definition) is 1. The molecule has 0 spiro atoms. The number of thiazole rings is 1. The van der Waals surface area contributed by atoms with Crippen molar-refractivity contribution in [3.63, 3.8) is 0 Å². The number of aryl methyl sites for hydroxylation is 1. The highest BCUT2D eigenvalue weighted by atomic mass is 32.1. The summed E-state index contributed by atoms with van der Waals surface area (Å²) >= 11 is 1.69. The Morgan fingerprint density at radius 2 is 2.28 bits per heavy atom. The fourth-order valence-corrected chi connectivity index (χ4v) is 2.67. The Hall–Kier alpha value is -1.86. The molecule has 1 amide bonds. The first-order chi connectivity index (χ1) is 8.79. The molecule has 0 fully saturated rings. The number of nitrogens with zero attached hydrogens (tertiary/aromatic N) is 1. The van der Waals surface area contributed by atoms with E-state index in [2.05, 4.69) is 22.3 Å². The molecule has 0 unspecified atom stereocenters. The van der Waals surface area contributed by atoms with E-state index in [-0.39, 0.29) is 5.91 Å². The van der Waals surface area contributed by atoms with Crippen LogP contribution < -0.4 is 5.32 Å². The summed E-state index contributed by atoms with van der Waals surface area (Å²) in [4.78, 5) is 15.9. The molecular formula is C14H14N2OS. The van der Waals surface area contributed by atoms with Crippen LogP contribution >= 0.6 is 11.3 Å². The van der Waals surface area contributed by atoms with Gasteiger partial charge in [-0.1, -0.05) is 18.1 Å². The Kier molecular flexibility index (Phi) is 4.32. The van der Waals surface area contributed by atoms with E-state index in [1.807, 2.05) is 18.2 Å². The second kappa shape index (κ2) is 6.18. The van der Waals surface area contributed by atoms with Crippen molar-refractivity contribution in [2.45, 2.75) is 19.3 Å². The number of para-hydroxylation sites is 1. The number of fused-ring (bicyclic) bond motifs is 1. The van der Waals surface area contributed by atoms with E-state index < -0.39 is 0 Å². The molecule has 0 bridgehead atoms. The molecule has 0 saturated carbocycles. The Balaban J connectivity index is 1.83. The van der Waals surface area contributed by atoms with E-state index in [1.165, 1.54) is 4.70 Å². The minimum Gasteiger partial charge on any atom is -0.345 e. The van der Waals surface area contributed by atoms with Crippen LogP contribution in [0.4, 0.5) is 0 Å². The second-order valence-corrected chi connectivity index (χ2v) is 5.02. The van der Waals surface area contributed by atoms with Crippen molar-refractivity contribution in [1.29, 1.82) is 0 Å². The van der Waals surface area contributed by atoms with Crippen LogP contribution in [0.1, 0.15) is 17.8 Å². The molecular weight excluding hydrogens is 244 g/mol. The van der Waals surface area contributed by atoms with E-state index in [1.54, 1.807) is 11.3 Å². The zero-order valence-corrected chi connectivity index (χ0v) is 10.8. The molecule has 3 nitrogen and oxygen atoms in total. The Labute approximate surface area is 110 Å². The van der Waals surface area contributed by atoms with Gasteiger partial charge < -0.3 is 5.32 Å². The molecule has 0 aliphatic heterocycles. The number of amides is 1. The van der Waals surface area contributed by atoms with Crippen molar-refractivity contribution in [2.75, 3.05) is 6.54 Å². The first kappa shape index (κ1) is 12.6. The maximum atomic E-state index is 11.3. The van der Waals surface area contributed by atoms with E-state index in [9.17, 15) is 4.79 Å². The molecule has 0 aliphatic rings. The third-order valence-electron chi connectivity index (χ3n) is 2.52. The lowest BCUT2D eigenvalue weighted by Crippen LogP contribution is -2.23. The molecule has 2 aromatic rings. The first-order valence-electron chi connectivity index (χ1n) is 5.84. The van der Waals surface area contributed by atoms with Gasteiger partial charge in [-0.15, -0.1) is 17.8 Å². The van der Waals surface area contributed by atoms with Crippen molar-refractivity contribution in [2.24, 2.45) is 0 Å². The highest BCUT2D eigenvalue weighted by Gasteiger charge is 2.04. The molecule has 1 aromatic heterocycles. The summed E-state index contributed by atoms with van der Waals surface area (Å²) in [6, 6.07) is 8.07. The predicted molar refractivity (Wildman–Crippen MR) is 74.4 cm³/mol. The van der Waals surface area contributed by atoms with Gasteiger partial charge >= 0.3 is 0 Å². The number of aromatic nitrogens is 1. The van der Waals surface area contributed by atoms with Gasteiger partial charge in [0.25, 0.3) is 0 Å². The summed E-state index contributed by atoms with van der Waals surface area (Å²) < 4.78 is 1.20. The lowest BCUT2D eigenvalue weighted by Gasteiger charge is -1.99. The summed E-state index contributed by atoms with van der Waals surface area (Å²) in [6.45, 7) is 0.306. The van der Waals surface area contributed by atoms with Gasteiger partial charge in [0.15, 0.2) is 0 Å². The van der Waals surface area contributed by atoms with Gasteiger partial charge in [-0.2, -0.15) is 0 Å². The van der Waals surface area contributed by atoms with Crippen molar-refractivity contribution >= 4 is 27.5 Å². The minimum atomic E-state index is 0.00839. The van der Waals surface area contributed by atoms with Gasteiger partial charge in [0.2, 0.25) is 5.91 Å². The van der Waals surface area contributed by atoms with Crippen LogP contribution in [0.2, 0.25) is 0 Å². The average molecular weight is 258 g/mol. The molecule has 0 atom stereocenters. The molecule has 0 radical (unpaired) electrons. The Morgan fingerprint density at radius 3 is 3.06 bits per heavy atom. The molecule has 1 N–H and O–H groups in total. The van der Waals surface area contributed by atoms with E-state index >= 15 is 0 Å². The second-order valence-electron chi connectivity index (χ2n) is 3.91. The maximum absolute atomic E-state index is 11.3. The number of carbonyl (C=O) groups is 1. The largest absolute Gasteiger partial charge is 0.345 e. The van der Waals surface area contributed by atoms with E-state index in [0.29, 0.717) is 13.0 Å². The van der Waals surface area contributed by atoms with Crippen LogP contribution in [0.5, 0.6) is 0 Å². The van der Waals surface area contributed by atoms with Crippen molar-refractivity contribution in [1.82, 2.24) is 10.3 Å². The number of benzene rings is 1. The molecule has 0 aliphatic carbocycles. The first-order valence-corrected chi connectivity index (χ1v) is 6.66. The lowest BCUT2D eigenvalue weighted by atomic mass is 10.2. The summed E-state index contributed by atoms with van der Waals surface area (Å²) in [5.74, 6) is 2.39. The van der Waals surface area contributed by atoms with Crippen LogP contribution in [0.3, 0.4) is 0 Å². The van der Waals surface area contributed by atoms with Gasteiger partial charge in [0.1, 0.15) is 0 Å². The monoisotopic (exact) mass is 258 g/mol. The Morgan fingerprint density at radius 1 is 1.44 bits per heavy atom. The van der Waals surface area contributed by atoms with Crippen LogP contribution in [0.25, 0.3) is 10.2 Å². The van der Waals surface area contributed by atoms with Gasteiger partial charge in [-0.25, -0.2) is 4.98 Å². The number of terminal acetylenes is 1. The Bertz CT molecular complexity index is 550. The fraction of sp³-hybridized carbons (Fsp3) is 0.286. The lowest BCUT2D eigenvalue weighted by molar-refractivity contribution is -0.120. The molecule has 92 valence electrons. The van der Waals surface area contributed by atoms with Gasteiger partial charge in [0.05, 0.1) is 21.8 Å². The highest BCUT2D eigenvalue weighted by Crippen LogP contribution is 2.22. The standard InChI is InChI=1S/C14H14N2OS/c1-2-10-15-13(17)8-5-9-14-16-11-6-3-4-7-12(11)18-14/h1,3-4,6-7H,5,8-10H2,(H,15,17). The number of nitrogens with one attached hydrogen (secondary N) is 1. The number of carbonyl (C=O) groups excluding carboxylic acids is 1. The van der Waals surface area contributed by atoms with Gasteiger partial charge in [-0.3, -0.25) is 4.79 Å². The van der Waals surface area contributed by atoms with Gasteiger partial charge in [0, 0.05) is 6.42 Å². The molecule has 2 rings (SSSR count). The molecule has 1 heterocycles. The van der Waals surface area contributed by atoms with E-state index in [4.69, 9.17) is 6.42 Å². The maximum Gasteiger partial charge on any atom is 0.220 e. The SMILES string of the molecule is C#CCNC(=O)CCCc1nc2ccccc2s1. The zero-order valence-electron chi connectivity index (χ0n) is 9.98. The van der Waals surface area contributed by atoms with Crippen LogP contribution in [-0.4, -0.2) is 17.4 Å². The van der Waals surface area contributed by atoms with Crippen molar-refractivity contribution < 1.29 is 4.79 Å². The summed E-state index contributed by atoms with van der Waals surface area (Å²) in [5.41, 5.74) is 1.04. The van der Waals surface area contributed by atoms with Crippen molar-refractivity contribution in [3.8, 4) is 12.3 Å². The topological polar surface area (TPSA) is 42.0 Å². The third-order valence-corrected chi connectivity index (χ3v) is 3.62. The predicted octanol–water partition coefficient (Wildman–Crippen LogP) is 2.37. The summed E-state index contributed by atoms with van der Waals surface area (Å²) in [7, 11) is 0. The highest BCUT2D eigenvalue weighted by molar-refractivity contribution is 7.18. The normalized spacial score (nSPS) is 10.2. The quantitative estimate of drug-likeness (QED) is 0.837. The molecule has 4 heteroatoms. The van der Waals surface area contributed by atoms with Crippen molar-refractivity contribution in [3.05, 3.63) is 29.3 Å². The molecule has 1 aromatic carbocycles. The van der Waals surface area contributed by atoms with Crippen LogP contribution in [-0.2, 0) is 11.2 Å². The van der Waals surface area contributed by atoms with Crippen LogP contribution in [0, 0.1) is 12.3 Å². The fourth-order valence-electron chi connectivity index (χ4n) is 1.67. The van der Waals surface area contributed by atoms with E-state index in [0.717, 1.165) is 23.4 Å². The smallest absolute Gasteiger partial charge is 0.220 e. The average Bonchev–Trinajstić information content (AvgIpc) is 2.79. The summed E-state index contributed by atoms with van der Waals surface area (Å²) in [5, 5.41) is 3.74. The molecule has 0 saturated heterocycles. The molecule has 18 heavy (non-hydrogen) atoms. The minimum absolute atomic E-state index is 0.00839. The number of hydrogen-bond acceptors (Lipinski definition) is 3. The van der Waals surface area contributed by atoms with Gasteiger partial charge in [-0.05, 0) is 25.0 Å². The summed E-state index contributed by atoms with van der Waals surface area (Å²) in [6.07, 6.45) is 7.20. The third kappa shape index (κ3) is 3.31. The number of rotatable bonds is 5.